The summed E-state index contributed by atoms with van der Waals surface area (Å²) in [6.45, 7) is 2.08. The van der Waals surface area contributed by atoms with Gasteiger partial charge in [-0.3, -0.25) is 4.79 Å². The molecule has 0 spiro atoms. The molecule has 0 N–H and O–H groups in total. The number of rotatable bonds is 3. The smallest absolute Gasteiger partial charge is 0.141 e. The van der Waals surface area contributed by atoms with Crippen molar-refractivity contribution in [3.8, 4) is 11.5 Å². The zero-order valence-corrected chi connectivity index (χ0v) is 11.7. The van der Waals surface area contributed by atoms with Gasteiger partial charge in [-0.15, -0.1) is 0 Å². The van der Waals surface area contributed by atoms with Crippen LogP contribution in [0.4, 0.5) is 0 Å². The summed E-state index contributed by atoms with van der Waals surface area (Å²) < 4.78 is 10.7. The Morgan fingerprint density at radius 3 is 2.68 bits per heavy atom. The van der Waals surface area contributed by atoms with Crippen LogP contribution in [0, 0.1) is 0 Å². The van der Waals surface area contributed by atoms with Crippen molar-refractivity contribution in [3.63, 3.8) is 0 Å². The second-order valence-electron chi connectivity index (χ2n) is 4.92. The van der Waals surface area contributed by atoms with Crippen LogP contribution in [0.1, 0.15) is 37.7 Å². The molecule has 1 aliphatic carbocycles. The summed E-state index contributed by atoms with van der Waals surface area (Å²) in [4.78, 5) is 12.3. The number of allylic oxidation sites excluding steroid dienone is 2. The molecule has 0 saturated carbocycles. The van der Waals surface area contributed by atoms with Crippen LogP contribution < -0.4 is 9.47 Å². The maximum atomic E-state index is 12.3. The first-order chi connectivity index (χ1) is 9.15. The molecule has 3 heteroatoms. The molecule has 0 amide bonds. The van der Waals surface area contributed by atoms with Crippen LogP contribution in [0.25, 0.3) is 0 Å². The van der Waals surface area contributed by atoms with E-state index in [0.29, 0.717) is 6.42 Å². The van der Waals surface area contributed by atoms with E-state index >= 15 is 0 Å². The van der Waals surface area contributed by atoms with E-state index in [1.165, 1.54) is 5.57 Å². The summed E-state index contributed by atoms with van der Waals surface area (Å²) in [6.07, 6.45) is 4.36. The van der Waals surface area contributed by atoms with Gasteiger partial charge in [0.1, 0.15) is 17.3 Å². The predicted molar refractivity (Wildman–Crippen MR) is 74.9 cm³/mol. The van der Waals surface area contributed by atoms with Crippen molar-refractivity contribution in [1.29, 1.82) is 0 Å². The minimum atomic E-state index is -0.121. The summed E-state index contributed by atoms with van der Waals surface area (Å²) in [5.41, 5.74) is 2.20. The molecule has 102 valence electrons. The number of carbonyl (C=O) groups is 1. The normalized spacial score (nSPS) is 19.6. The van der Waals surface area contributed by atoms with Crippen LogP contribution in [0.15, 0.2) is 29.8 Å². The molecule has 1 aromatic carbocycles. The maximum absolute atomic E-state index is 12.3. The van der Waals surface area contributed by atoms with Crippen LogP contribution in [-0.2, 0) is 4.79 Å². The summed E-state index contributed by atoms with van der Waals surface area (Å²) in [7, 11) is 3.26. The Labute approximate surface area is 114 Å². The fourth-order valence-electron chi connectivity index (χ4n) is 2.55. The van der Waals surface area contributed by atoms with Crippen molar-refractivity contribution in [2.24, 2.45) is 0 Å². The average molecular weight is 260 g/mol. The number of benzene rings is 1. The standard InChI is InChI=1S/C16H20O3/c1-11-5-4-6-15(17)13(9-11)14-10-12(18-2)7-8-16(14)19-3/h5,7-8,10,13H,4,6,9H2,1-3H3. The fraction of sp³-hybridized carbons (Fsp3) is 0.438. The van der Waals surface area contributed by atoms with Gasteiger partial charge in [-0.05, 0) is 38.0 Å². The Morgan fingerprint density at radius 2 is 2.00 bits per heavy atom. The minimum absolute atomic E-state index is 0.121. The van der Waals surface area contributed by atoms with Crippen LogP contribution >= 0.6 is 0 Å². The van der Waals surface area contributed by atoms with Crippen molar-refractivity contribution in [3.05, 3.63) is 35.4 Å². The summed E-state index contributed by atoms with van der Waals surface area (Å²) in [6, 6.07) is 5.64. The molecule has 1 aromatic rings. The van der Waals surface area contributed by atoms with Gasteiger partial charge in [0, 0.05) is 12.0 Å². The van der Waals surface area contributed by atoms with Crippen LogP contribution in [0.2, 0.25) is 0 Å². The van der Waals surface area contributed by atoms with Gasteiger partial charge in [-0.1, -0.05) is 11.6 Å². The number of hydrogen-bond donors (Lipinski definition) is 0. The maximum Gasteiger partial charge on any atom is 0.141 e. The Bertz CT molecular complexity index is 503. The number of ether oxygens (including phenoxy) is 2. The molecule has 1 aliphatic rings. The molecular weight excluding hydrogens is 240 g/mol. The van der Waals surface area contributed by atoms with E-state index < -0.39 is 0 Å². The predicted octanol–water partition coefficient (Wildman–Crippen LogP) is 3.49. The number of carbonyl (C=O) groups excluding carboxylic acids is 1. The summed E-state index contributed by atoms with van der Waals surface area (Å²) in [5, 5.41) is 0. The van der Waals surface area contributed by atoms with Gasteiger partial charge in [-0.2, -0.15) is 0 Å². The Balaban J connectivity index is 2.42. The monoisotopic (exact) mass is 260 g/mol. The highest BCUT2D eigenvalue weighted by Gasteiger charge is 2.25. The first-order valence-electron chi connectivity index (χ1n) is 6.56. The van der Waals surface area contributed by atoms with Crippen molar-refractivity contribution >= 4 is 5.78 Å². The molecule has 0 radical (unpaired) electrons. The third kappa shape index (κ3) is 2.98. The Kier molecular flexibility index (Phi) is 4.25. The van der Waals surface area contributed by atoms with E-state index in [4.69, 9.17) is 9.47 Å². The lowest BCUT2D eigenvalue weighted by Crippen LogP contribution is -2.12. The topological polar surface area (TPSA) is 35.5 Å². The summed E-state index contributed by atoms with van der Waals surface area (Å²) in [5.74, 6) is 1.67. The SMILES string of the molecule is COc1ccc(OC)c(C2CC(C)=CCCC2=O)c1. The molecule has 0 saturated heterocycles. The molecule has 0 aromatic heterocycles. The van der Waals surface area contributed by atoms with Gasteiger partial charge in [0.25, 0.3) is 0 Å². The zero-order chi connectivity index (χ0) is 13.8. The highest BCUT2D eigenvalue weighted by Crippen LogP contribution is 2.36. The van der Waals surface area contributed by atoms with E-state index in [2.05, 4.69) is 13.0 Å². The molecule has 1 unspecified atom stereocenters. The molecule has 3 nitrogen and oxygen atoms in total. The van der Waals surface area contributed by atoms with Crippen LogP contribution in [0.3, 0.4) is 0 Å². The van der Waals surface area contributed by atoms with Crippen molar-refractivity contribution in [1.82, 2.24) is 0 Å². The number of hydrogen-bond acceptors (Lipinski definition) is 3. The lowest BCUT2D eigenvalue weighted by atomic mass is 9.88. The third-order valence-corrected chi connectivity index (χ3v) is 3.61. The van der Waals surface area contributed by atoms with Gasteiger partial charge in [0.15, 0.2) is 0 Å². The Hall–Kier alpha value is -1.77. The second kappa shape index (κ2) is 5.91. The minimum Gasteiger partial charge on any atom is -0.497 e. The Morgan fingerprint density at radius 1 is 1.21 bits per heavy atom. The molecular formula is C16H20O3. The third-order valence-electron chi connectivity index (χ3n) is 3.61. The van der Waals surface area contributed by atoms with Crippen LogP contribution in [0.5, 0.6) is 11.5 Å². The van der Waals surface area contributed by atoms with Gasteiger partial charge >= 0.3 is 0 Å². The zero-order valence-electron chi connectivity index (χ0n) is 11.7. The number of methoxy groups -OCH3 is 2. The molecule has 0 heterocycles. The number of ketones is 1. The van der Waals surface area contributed by atoms with E-state index in [1.807, 2.05) is 18.2 Å². The first kappa shape index (κ1) is 13.7. The van der Waals surface area contributed by atoms with Crippen molar-refractivity contribution in [2.45, 2.75) is 32.1 Å². The first-order valence-corrected chi connectivity index (χ1v) is 6.56. The quantitative estimate of drug-likeness (QED) is 0.780. The highest BCUT2D eigenvalue weighted by molar-refractivity contribution is 5.87. The molecule has 1 atom stereocenters. The van der Waals surface area contributed by atoms with E-state index in [-0.39, 0.29) is 11.7 Å². The van der Waals surface area contributed by atoms with Crippen molar-refractivity contribution in [2.75, 3.05) is 14.2 Å². The van der Waals surface area contributed by atoms with Crippen LogP contribution in [-0.4, -0.2) is 20.0 Å². The number of Topliss-reactive ketones (excluding diaryl/α,β-unsaturated/α-hetero) is 1. The highest BCUT2D eigenvalue weighted by atomic mass is 16.5. The largest absolute Gasteiger partial charge is 0.497 e. The fourth-order valence-corrected chi connectivity index (χ4v) is 2.55. The van der Waals surface area contributed by atoms with Gasteiger partial charge in [-0.25, -0.2) is 0 Å². The summed E-state index contributed by atoms with van der Waals surface area (Å²) >= 11 is 0. The molecule has 0 aliphatic heterocycles. The van der Waals surface area contributed by atoms with E-state index in [0.717, 1.165) is 29.9 Å². The van der Waals surface area contributed by atoms with Gasteiger partial charge in [0.2, 0.25) is 0 Å². The molecule has 2 rings (SSSR count). The molecule has 19 heavy (non-hydrogen) atoms. The lowest BCUT2D eigenvalue weighted by molar-refractivity contribution is -0.120. The lowest BCUT2D eigenvalue weighted by Gasteiger charge is -2.18. The van der Waals surface area contributed by atoms with E-state index in [1.54, 1.807) is 14.2 Å². The van der Waals surface area contributed by atoms with E-state index in [9.17, 15) is 4.79 Å². The molecule has 0 bridgehead atoms. The van der Waals surface area contributed by atoms with Gasteiger partial charge < -0.3 is 9.47 Å². The van der Waals surface area contributed by atoms with Crippen molar-refractivity contribution < 1.29 is 14.3 Å². The second-order valence-corrected chi connectivity index (χ2v) is 4.92. The average Bonchev–Trinajstić information content (AvgIpc) is 2.59. The van der Waals surface area contributed by atoms with Gasteiger partial charge in [0.05, 0.1) is 20.1 Å². The molecule has 0 fully saturated rings.